The van der Waals surface area contributed by atoms with Crippen molar-refractivity contribution in [3.63, 3.8) is 0 Å². The van der Waals surface area contributed by atoms with Crippen LogP contribution in [0.3, 0.4) is 0 Å². The minimum absolute atomic E-state index is 0.426. The molecule has 0 amide bonds. The molecule has 1 fully saturated rings. The Balaban J connectivity index is 2.12. The summed E-state index contributed by atoms with van der Waals surface area (Å²) in [4.78, 5) is 0. The summed E-state index contributed by atoms with van der Waals surface area (Å²) in [5.41, 5.74) is 2.16. The second-order valence-electron chi connectivity index (χ2n) is 4.84. The molecule has 2 rings (SSSR count). The molecular weight excluding hydrogens is 170 g/mol. The van der Waals surface area contributed by atoms with Crippen LogP contribution in [0, 0.1) is 0 Å². The molecule has 1 atom stereocenters. The molecule has 0 spiro atoms. The van der Waals surface area contributed by atoms with Crippen LogP contribution in [0.4, 0.5) is 0 Å². The molecule has 1 heteroatoms. The summed E-state index contributed by atoms with van der Waals surface area (Å²) in [6.07, 6.45) is 13.4. The minimum atomic E-state index is 0.426. The highest BCUT2D eigenvalue weighted by molar-refractivity contribution is 5.23. The van der Waals surface area contributed by atoms with Gasteiger partial charge in [-0.3, -0.25) is 0 Å². The summed E-state index contributed by atoms with van der Waals surface area (Å²) in [5, 5.41) is 3.77. The zero-order chi connectivity index (χ0) is 9.86. The summed E-state index contributed by atoms with van der Waals surface area (Å²) >= 11 is 0. The summed E-state index contributed by atoms with van der Waals surface area (Å²) < 4.78 is 0. The van der Waals surface area contributed by atoms with Crippen molar-refractivity contribution in [2.75, 3.05) is 6.54 Å². The molecule has 1 unspecified atom stereocenters. The van der Waals surface area contributed by atoms with E-state index >= 15 is 0 Å². The van der Waals surface area contributed by atoms with Crippen LogP contribution in [-0.2, 0) is 0 Å². The van der Waals surface area contributed by atoms with E-state index in [1.807, 2.05) is 0 Å². The lowest BCUT2D eigenvalue weighted by atomic mass is 9.79. The average molecular weight is 193 g/mol. The molecule has 0 radical (unpaired) electrons. The maximum Gasteiger partial charge on any atom is 0.0394 e. The van der Waals surface area contributed by atoms with Gasteiger partial charge in [-0.1, -0.05) is 25.0 Å². The van der Waals surface area contributed by atoms with E-state index in [0.717, 1.165) is 0 Å². The van der Waals surface area contributed by atoms with Crippen LogP contribution in [0.15, 0.2) is 11.6 Å². The fourth-order valence-electron chi connectivity index (χ4n) is 3.15. The van der Waals surface area contributed by atoms with E-state index in [2.05, 4.69) is 18.3 Å². The standard InChI is InChI=1S/C13H23N/c1-2-9-13(10-6-11-14-13)12-7-4-3-5-8-12/h7,14H,2-6,8-11H2,1H3. The van der Waals surface area contributed by atoms with Crippen LogP contribution in [0.2, 0.25) is 0 Å². The van der Waals surface area contributed by atoms with Crippen LogP contribution in [0.25, 0.3) is 0 Å². The smallest absolute Gasteiger partial charge is 0.0394 e. The Morgan fingerprint density at radius 3 is 2.86 bits per heavy atom. The first-order valence-corrected chi connectivity index (χ1v) is 6.32. The molecule has 1 heterocycles. The van der Waals surface area contributed by atoms with E-state index in [4.69, 9.17) is 0 Å². The van der Waals surface area contributed by atoms with Crippen molar-refractivity contribution >= 4 is 0 Å². The van der Waals surface area contributed by atoms with Gasteiger partial charge in [0.05, 0.1) is 0 Å². The predicted molar refractivity (Wildman–Crippen MR) is 61.4 cm³/mol. The van der Waals surface area contributed by atoms with Crippen molar-refractivity contribution in [3.05, 3.63) is 11.6 Å². The molecule has 1 aliphatic heterocycles. The highest BCUT2D eigenvalue weighted by atomic mass is 15.0. The predicted octanol–water partition coefficient (Wildman–Crippen LogP) is 3.41. The van der Waals surface area contributed by atoms with Crippen molar-refractivity contribution in [1.82, 2.24) is 5.32 Å². The third-order valence-electron chi connectivity index (χ3n) is 3.83. The van der Waals surface area contributed by atoms with E-state index in [-0.39, 0.29) is 0 Å². The molecular formula is C13H23N. The van der Waals surface area contributed by atoms with Gasteiger partial charge in [0.1, 0.15) is 0 Å². The number of nitrogens with one attached hydrogen (secondary N) is 1. The summed E-state index contributed by atoms with van der Waals surface area (Å²) in [6.45, 7) is 3.54. The Morgan fingerprint density at radius 2 is 2.29 bits per heavy atom. The van der Waals surface area contributed by atoms with Crippen LogP contribution >= 0.6 is 0 Å². The Morgan fingerprint density at radius 1 is 1.36 bits per heavy atom. The van der Waals surface area contributed by atoms with Gasteiger partial charge in [-0.15, -0.1) is 0 Å². The van der Waals surface area contributed by atoms with Crippen LogP contribution in [0.5, 0.6) is 0 Å². The Kier molecular flexibility index (Phi) is 3.27. The summed E-state index contributed by atoms with van der Waals surface area (Å²) in [7, 11) is 0. The number of hydrogen-bond acceptors (Lipinski definition) is 1. The zero-order valence-corrected chi connectivity index (χ0v) is 9.44. The van der Waals surface area contributed by atoms with Gasteiger partial charge in [0, 0.05) is 5.54 Å². The highest BCUT2D eigenvalue weighted by Gasteiger charge is 2.35. The van der Waals surface area contributed by atoms with Crippen LogP contribution in [-0.4, -0.2) is 12.1 Å². The van der Waals surface area contributed by atoms with E-state index in [0.29, 0.717) is 5.54 Å². The molecule has 1 nitrogen and oxygen atoms in total. The normalized spacial score (nSPS) is 33.1. The number of hydrogen-bond donors (Lipinski definition) is 1. The molecule has 2 aliphatic rings. The van der Waals surface area contributed by atoms with Crippen molar-refractivity contribution in [2.45, 2.75) is 63.8 Å². The molecule has 0 aromatic rings. The lowest BCUT2D eigenvalue weighted by Gasteiger charge is -2.34. The van der Waals surface area contributed by atoms with Gasteiger partial charge in [0.2, 0.25) is 0 Å². The summed E-state index contributed by atoms with van der Waals surface area (Å²) in [5.74, 6) is 0. The molecule has 1 aliphatic carbocycles. The van der Waals surface area contributed by atoms with Crippen molar-refractivity contribution in [1.29, 1.82) is 0 Å². The quantitative estimate of drug-likeness (QED) is 0.677. The van der Waals surface area contributed by atoms with Crippen molar-refractivity contribution < 1.29 is 0 Å². The fourth-order valence-corrected chi connectivity index (χ4v) is 3.15. The number of allylic oxidation sites excluding steroid dienone is 1. The third kappa shape index (κ3) is 1.88. The van der Waals surface area contributed by atoms with Crippen molar-refractivity contribution in [3.8, 4) is 0 Å². The van der Waals surface area contributed by atoms with E-state index < -0.39 is 0 Å². The maximum atomic E-state index is 3.77. The van der Waals surface area contributed by atoms with Gasteiger partial charge >= 0.3 is 0 Å². The van der Waals surface area contributed by atoms with Crippen LogP contribution < -0.4 is 5.32 Å². The summed E-state index contributed by atoms with van der Waals surface area (Å²) in [6, 6.07) is 0. The molecule has 0 aromatic heterocycles. The molecule has 0 bridgehead atoms. The first-order chi connectivity index (χ1) is 6.87. The molecule has 14 heavy (non-hydrogen) atoms. The second kappa shape index (κ2) is 4.48. The largest absolute Gasteiger partial charge is 0.308 e. The van der Waals surface area contributed by atoms with E-state index in [1.165, 1.54) is 57.9 Å². The first-order valence-electron chi connectivity index (χ1n) is 6.32. The van der Waals surface area contributed by atoms with Gasteiger partial charge in [-0.25, -0.2) is 0 Å². The van der Waals surface area contributed by atoms with Gasteiger partial charge in [0.15, 0.2) is 0 Å². The number of rotatable bonds is 3. The lowest BCUT2D eigenvalue weighted by molar-refractivity contribution is 0.383. The topological polar surface area (TPSA) is 12.0 Å². The van der Waals surface area contributed by atoms with Gasteiger partial charge in [-0.05, 0) is 51.5 Å². The second-order valence-corrected chi connectivity index (χ2v) is 4.84. The lowest BCUT2D eigenvalue weighted by Crippen LogP contribution is -2.42. The van der Waals surface area contributed by atoms with E-state index in [1.54, 1.807) is 5.57 Å². The molecule has 1 N–H and O–H groups in total. The Hall–Kier alpha value is -0.300. The van der Waals surface area contributed by atoms with E-state index in [9.17, 15) is 0 Å². The third-order valence-corrected chi connectivity index (χ3v) is 3.83. The molecule has 0 saturated carbocycles. The zero-order valence-electron chi connectivity index (χ0n) is 9.44. The Bertz CT molecular complexity index is 211. The van der Waals surface area contributed by atoms with Gasteiger partial charge in [-0.2, -0.15) is 0 Å². The monoisotopic (exact) mass is 193 g/mol. The Labute approximate surface area is 88.0 Å². The van der Waals surface area contributed by atoms with Crippen LogP contribution in [0.1, 0.15) is 58.3 Å². The first kappa shape index (κ1) is 10.2. The highest BCUT2D eigenvalue weighted by Crippen LogP contribution is 2.37. The maximum absolute atomic E-state index is 3.77. The van der Waals surface area contributed by atoms with Crippen molar-refractivity contribution in [2.24, 2.45) is 0 Å². The molecule has 0 aromatic carbocycles. The molecule has 80 valence electrons. The van der Waals surface area contributed by atoms with Gasteiger partial charge in [0.25, 0.3) is 0 Å². The SMILES string of the molecule is CCCC1(C2=CCCCC2)CCCN1. The van der Waals surface area contributed by atoms with Gasteiger partial charge < -0.3 is 5.32 Å². The fraction of sp³-hybridized carbons (Fsp3) is 0.846. The minimum Gasteiger partial charge on any atom is -0.308 e. The average Bonchev–Trinajstić information content (AvgIpc) is 2.70. The molecule has 1 saturated heterocycles.